The van der Waals surface area contributed by atoms with Crippen LogP contribution in [0, 0.1) is 9.49 Å². The van der Waals surface area contributed by atoms with Gasteiger partial charge >= 0.3 is 0 Å². The number of hydrogen-bond donors (Lipinski definition) is 1. The van der Waals surface area contributed by atoms with Crippen molar-refractivity contribution in [1.29, 1.82) is 0 Å². The minimum atomic E-state index is 0.268. The van der Waals surface area contributed by atoms with Crippen molar-refractivity contribution in [2.45, 2.75) is 52.1 Å². The van der Waals surface area contributed by atoms with Gasteiger partial charge in [-0.1, -0.05) is 39.8 Å². The van der Waals surface area contributed by atoms with E-state index in [-0.39, 0.29) is 5.54 Å². The van der Waals surface area contributed by atoms with Crippen molar-refractivity contribution >= 4 is 28.3 Å². The van der Waals surface area contributed by atoms with Crippen LogP contribution < -0.4 is 10.2 Å². The van der Waals surface area contributed by atoms with Crippen LogP contribution in [-0.2, 0) is 0 Å². The Kier molecular flexibility index (Phi) is 5.35. The van der Waals surface area contributed by atoms with Crippen LogP contribution >= 0.6 is 22.6 Å². The maximum atomic E-state index is 3.84. The molecular weight excluding hydrogens is 359 g/mol. The van der Waals surface area contributed by atoms with Crippen LogP contribution in [0.25, 0.3) is 0 Å². The Morgan fingerprint density at radius 3 is 2.50 bits per heavy atom. The van der Waals surface area contributed by atoms with Crippen molar-refractivity contribution in [3.8, 4) is 0 Å². The summed E-state index contributed by atoms with van der Waals surface area (Å²) < 4.78 is 1.36. The zero-order valence-electron chi connectivity index (χ0n) is 13.1. The second-order valence-electron chi connectivity index (χ2n) is 6.26. The third-order valence-corrected chi connectivity index (χ3v) is 5.76. The average Bonchev–Trinajstić information content (AvgIpc) is 2.47. The standard InChI is InChI=1S/C17H27IN2/c1-5-17(6-2)12-20(16(11-19-17)13(3)4)15-10-8-7-9-14(15)18/h7-10,13,16,19H,5-6,11-12H2,1-4H3. The Morgan fingerprint density at radius 2 is 1.95 bits per heavy atom. The first kappa shape index (κ1) is 16.1. The van der Waals surface area contributed by atoms with Crippen LogP contribution in [0.2, 0.25) is 0 Å². The molecule has 0 aliphatic carbocycles. The molecule has 2 rings (SSSR count). The molecule has 1 aromatic rings. The molecule has 1 atom stereocenters. The van der Waals surface area contributed by atoms with E-state index in [2.05, 4.69) is 84.8 Å². The van der Waals surface area contributed by atoms with Gasteiger partial charge in [-0.2, -0.15) is 0 Å². The summed E-state index contributed by atoms with van der Waals surface area (Å²) in [4.78, 5) is 2.65. The summed E-state index contributed by atoms with van der Waals surface area (Å²) in [6.07, 6.45) is 2.38. The molecule has 1 fully saturated rings. The number of nitrogens with zero attached hydrogens (tertiary/aromatic N) is 1. The highest BCUT2D eigenvalue weighted by atomic mass is 127. The molecule has 2 nitrogen and oxygen atoms in total. The minimum Gasteiger partial charge on any atom is -0.364 e. The van der Waals surface area contributed by atoms with E-state index in [1.54, 1.807) is 0 Å². The van der Waals surface area contributed by atoms with Gasteiger partial charge in [0.1, 0.15) is 0 Å². The van der Waals surface area contributed by atoms with Gasteiger partial charge in [-0.3, -0.25) is 0 Å². The number of piperazine rings is 1. The number of nitrogens with one attached hydrogen (secondary N) is 1. The Bertz CT molecular complexity index is 440. The van der Waals surface area contributed by atoms with Crippen molar-refractivity contribution in [2.75, 3.05) is 18.0 Å². The normalized spacial score (nSPS) is 22.3. The molecule has 1 aromatic carbocycles. The SMILES string of the molecule is CCC1(CC)CN(c2ccccc2I)C(C(C)C)CN1. The maximum absolute atomic E-state index is 3.84. The molecule has 112 valence electrons. The summed E-state index contributed by atoms with van der Waals surface area (Å²) in [6.45, 7) is 11.5. The number of halogens is 1. The molecule has 1 aliphatic rings. The summed E-state index contributed by atoms with van der Waals surface area (Å²) in [7, 11) is 0. The lowest BCUT2D eigenvalue weighted by molar-refractivity contribution is 0.227. The Morgan fingerprint density at radius 1 is 1.30 bits per heavy atom. The van der Waals surface area contributed by atoms with Crippen LogP contribution in [0.1, 0.15) is 40.5 Å². The Balaban J connectivity index is 2.35. The number of anilines is 1. The fraction of sp³-hybridized carbons (Fsp3) is 0.647. The lowest BCUT2D eigenvalue weighted by Crippen LogP contribution is -2.65. The molecule has 0 aromatic heterocycles. The van der Waals surface area contributed by atoms with Gasteiger partial charge in [0.05, 0.1) is 5.69 Å². The van der Waals surface area contributed by atoms with Gasteiger partial charge in [0.15, 0.2) is 0 Å². The van der Waals surface area contributed by atoms with Crippen molar-refractivity contribution in [1.82, 2.24) is 5.32 Å². The summed E-state index contributed by atoms with van der Waals surface area (Å²) in [6, 6.07) is 9.37. The second kappa shape index (κ2) is 6.65. The third-order valence-electron chi connectivity index (χ3n) is 4.84. The fourth-order valence-corrected chi connectivity index (χ4v) is 3.90. The molecule has 3 heteroatoms. The smallest absolute Gasteiger partial charge is 0.0505 e. The van der Waals surface area contributed by atoms with E-state index in [1.807, 2.05) is 0 Å². The van der Waals surface area contributed by atoms with E-state index >= 15 is 0 Å². The van der Waals surface area contributed by atoms with Crippen molar-refractivity contribution in [3.05, 3.63) is 27.8 Å². The molecule has 1 aliphatic heterocycles. The van der Waals surface area contributed by atoms with E-state index in [4.69, 9.17) is 0 Å². The minimum absolute atomic E-state index is 0.268. The Hall–Kier alpha value is -0.290. The van der Waals surface area contributed by atoms with Gasteiger partial charge in [-0.15, -0.1) is 0 Å². The Labute approximate surface area is 137 Å². The number of para-hydroxylation sites is 1. The fourth-order valence-electron chi connectivity index (χ4n) is 3.20. The average molecular weight is 386 g/mol. The molecule has 0 radical (unpaired) electrons. The first-order valence-electron chi connectivity index (χ1n) is 7.79. The van der Waals surface area contributed by atoms with Crippen molar-refractivity contribution < 1.29 is 0 Å². The predicted octanol–water partition coefficient (Wildman–Crippen LogP) is 4.28. The van der Waals surface area contributed by atoms with Gasteiger partial charge in [-0.05, 0) is 53.5 Å². The molecule has 0 saturated carbocycles. The monoisotopic (exact) mass is 386 g/mol. The quantitative estimate of drug-likeness (QED) is 0.777. The first-order chi connectivity index (χ1) is 9.53. The zero-order chi connectivity index (χ0) is 14.8. The molecule has 1 saturated heterocycles. The molecule has 0 amide bonds. The number of hydrogen-bond acceptors (Lipinski definition) is 2. The van der Waals surface area contributed by atoms with Crippen LogP contribution in [-0.4, -0.2) is 24.7 Å². The maximum Gasteiger partial charge on any atom is 0.0505 e. The third kappa shape index (κ3) is 3.14. The molecular formula is C17H27IN2. The zero-order valence-corrected chi connectivity index (χ0v) is 15.3. The van der Waals surface area contributed by atoms with E-state index in [1.165, 1.54) is 22.1 Å². The van der Waals surface area contributed by atoms with Crippen LogP contribution in [0.4, 0.5) is 5.69 Å². The predicted molar refractivity (Wildman–Crippen MR) is 96.4 cm³/mol. The van der Waals surface area contributed by atoms with E-state index in [9.17, 15) is 0 Å². The summed E-state index contributed by atoms with van der Waals surface area (Å²) in [5, 5.41) is 3.84. The lowest BCUT2D eigenvalue weighted by atomic mass is 9.86. The van der Waals surface area contributed by atoms with Gasteiger partial charge in [-0.25, -0.2) is 0 Å². The van der Waals surface area contributed by atoms with Crippen LogP contribution in [0.15, 0.2) is 24.3 Å². The highest BCUT2D eigenvalue weighted by molar-refractivity contribution is 14.1. The van der Waals surface area contributed by atoms with Gasteiger partial charge in [0.25, 0.3) is 0 Å². The summed E-state index contributed by atoms with van der Waals surface area (Å²) in [5.74, 6) is 0.658. The van der Waals surface area contributed by atoms with Gasteiger partial charge < -0.3 is 10.2 Å². The molecule has 0 spiro atoms. The van der Waals surface area contributed by atoms with E-state index < -0.39 is 0 Å². The molecule has 1 heterocycles. The van der Waals surface area contributed by atoms with Crippen LogP contribution in [0.3, 0.4) is 0 Å². The highest BCUT2D eigenvalue weighted by Crippen LogP contribution is 2.32. The molecule has 1 unspecified atom stereocenters. The molecule has 0 bridgehead atoms. The van der Waals surface area contributed by atoms with Crippen molar-refractivity contribution in [2.24, 2.45) is 5.92 Å². The highest BCUT2D eigenvalue weighted by Gasteiger charge is 2.38. The van der Waals surface area contributed by atoms with E-state index in [0.717, 1.165) is 13.1 Å². The topological polar surface area (TPSA) is 15.3 Å². The number of rotatable bonds is 4. The summed E-state index contributed by atoms with van der Waals surface area (Å²) in [5.41, 5.74) is 1.67. The van der Waals surface area contributed by atoms with Gasteiger partial charge in [0.2, 0.25) is 0 Å². The van der Waals surface area contributed by atoms with Crippen LogP contribution in [0.5, 0.6) is 0 Å². The number of benzene rings is 1. The van der Waals surface area contributed by atoms with Gasteiger partial charge in [0, 0.05) is 28.2 Å². The van der Waals surface area contributed by atoms with E-state index in [0.29, 0.717) is 12.0 Å². The lowest BCUT2D eigenvalue weighted by Gasteiger charge is -2.50. The molecule has 1 N–H and O–H groups in total. The first-order valence-corrected chi connectivity index (χ1v) is 8.87. The molecule has 20 heavy (non-hydrogen) atoms. The van der Waals surface area contributed by atoms with Crippen molar-refractivity contribution in [3.63, 3.8) is 0 Å². The summed E-state index contributed by atoms with van der Waals surface area (Å²) >= 11 is 2.47. The second-order valence-corrected chi connectivity index (χ2v) is 7.42. The largest absolute Gasteiger partial charge is 0.364 e.